The molecule has 3 heteroatoms. The summed E-state index contributed by atoms with van der Waals surface area (Å²) in [7, 11) is 0. The molecule has 86 valence electrons. The van der Waals surface area contributed by atoms with Gasteiger partial charge in [0.05, 0.1) is 0 Å². The van der Waals surface area contributed by atoms with E-state index < -0.39 is 0 Å². The molecule has 2 aliphatic rings. The zero-order valence-corrected chi connectivity index (χ0v) is 9.61. The molecule has 0 spiro atoms. The van der Waals surface area contributed by atoms with Crippen molar-refractivity contribution in [1.29, 1.82) is 0 Å². The standard InChI is InChI=1S/C12H22N2O/c1-9-2-3-11(8-9)14-6-4-10(5-7-14)12(13)15/h9-11H,2-8H2,1H3,(H2,13,15)/t9-,11+/m0/s1. The average Bonchev–Trinajstić information content (AvgIpc) is 2.65. The van der Waals surface area contributed by atoms with Gasteiger partial charge in [-0.2, -0.15) is 0 Å². The summed E-state index contributed by atoms with van der Waals surface area (Å²) < 4.78 is 0. The van der Waals surface area contributed by atoms with E-state index in [1.807, 2.05) is 0 Å². The van der Waals surface area contributed by atoms with E-state index in [9.17, 15) is 4.79 Å². The van der Waals surface area contributed by atoms with E-state index in [1.165, 1.54) is 19.3 Å². The van der Waals surface area contributed by atoms with Gasteiger partial charge in [0.15, 0.2) is 0 Å². The molecule has 1 aliphatic heterocycles. The van der Waals surface area contributed by atoms with E-state index in [2.05, 4.69) is 11.8 Å². The second-order valence-electron chi connectivity index (χ2n) is 5.28. The highest BCUT2D eigenvalue weighted by molar-refractivity contribution is 5.76. The highest BCUT2D eigenvalue weighted by atomic mass is 16.1. The summed E-state index contributed by atoms with van der Waals surface area (Å²) in [5, 5.41) is 0. The van der Waals surface area contributed by atoms with Gasteiger partial charge in [-0.05, 0) is 51.1 Å². The molecule has 1 heterocycles. The van der Waals surface area contributed by atoms with Crippen LogP contribution in [0, 0.1) is 11.8 Å². The van der Waals surface area contributed by atoms with Gasteiger partial charge >= 0.3 is 0 Å². The lowest BCUT2D eigenvalue weighted by atomic mass is 9.95. The van der Waals surface area contributed by atoms with Gasteiger partial charge in [-0.1, -0.05) is 6.92 Å². The van der Waals surface area contributed by atoms with Gasteiger partial charge in [-0.3, -0.25) is 4.79 Å². The molecule has 1 aliphatic carbocycles. The van der Waals surface area contributed by atoms with E-state index in [4.69, 9.17) is 5.73 Å². The number of amides is 1. The molecule has 0 aromatic carbocycles. The largest absolute Gasteiger partial charge is 0.369 e. The molecule has 1 amide bonds. The Hall–Kier alpha value is -0.570. The molecule has 3 nitrogen and oxygen atoms in total. The van der Waals surface area contributed by atoms with Crippen molar-refractivity contribution in [2.75, 3.05) is 13.1 Å². The zero-order chi connectivity index (χ0) is 10.8. The molecular weight excluding hydrogens is 188 g/mol. The van der Waals surface area contributed by atoms with Crippen LogP contribution in [-0.2, 0) is 4.79 Å². The number of likely N-dealkylation sites (tertiary alicyclic amines) is 1. The maximum atomic E-state index is 11.0. The summed E-state index contributed by atoms with van der Waals surface area (Å²) in [5.41, 5.74) is 5.33. The first-order valence-corrected chi connectivity index (χ1v) is 6.20. The fraction of sp³-hybridized carbons (Fsp3) is 0.917. The Balaban J connectivity index is 1.80. The van der Waals surface area contributed by atoms with Crippen molar-refractivity contribution in [3.8, 4) is 0 Å². The first-order chi connectivity index (χ1) is 7.16. The summed E-state index contributed by atoms with van der Waals surface area (Å²) in [4.78, 5) is 13.6. The van der Waals surface area contributed by atoms with Gasteiger partial charge in [0.2, 0.25) is 5.91 Å². The normalized spacial score (nSPS) is 34.5. The number of carbonyl (C=O) groups is 1. The van der Waals surface area contributed by atoms with Crippen molar-refractivity contribution in [1.82, 2.24) is 4.90 Å². The van der Waals surface area contributed by atoms with Gasteiger partial charge in [0, 0.05) is 12.0 Å². The molecule has 2 rings (SSSR count). The summed E-state index contributed by atoms with van der Waals surface area (Å²) in [6.45, 7) is 4.49. The van der Waals surface area contributed by atoms with Crippen LogP contribution >= 0.6 is 0 Å². The van der Waals surface area contributed by atoms with Crippen LogP contribution in [0.5, 0.6) is 0 Å². The Morgan fingerprint density at radius 2 is 1.87 bits per heavy atom. The first-order valence-electron chi connectivity index (χ1n) is 6.20. The van der Waals surface area contributed by atoms with Crippen LogP contribution in [-0.4, -0.2) is 29.9 Å². The average molecular weight is 210 g/mol. The van der Waals surface area contributed by atoms with Crippen molar-refractivity contribution < 1.29 is 4.79 Å². The maximum Gasteiger partial charge on any atom is 0.220 e. The zero-order valence-electron chi connectivity index (χ0n) is 9.61. The molecule has 0 radical (unpaired) electrons. The van der Waals surface area contributed by atoms with Gasteiger partial charge in [0.25, 0.3) is 0 Å². The van der Waals surface area contributed by atoms with Crippen LogP contribution in [0.1, 0.15) is 39.0 Å². The monoisotopic (exact) mass is 210 g/mol. The molecule has 2 atom stereocenters. The van der Waals surface area contributed by atoms with Crippen LogP contribution in [0.15, 0.2) is 0 Å². The number of hydrogen-bond acceptors (Lipinski definition) is 2. The molecule has 0 aromatic heterocycles. The Labute approximate surface area is 92.0 Å². The Morgan fingerprint density at radius 3 is 2.33 bits per heavy atom. The summed E-state index contributed by atoms with van der Waals surface area (Å²) in [6.07, 6.45) is 6.02. The fourth-order valence-corrected chi connectivity index (χ4v) is 3.06. The number of primary amides is 1. The van der Waals surface area contributed by atoms with Crippen molar-refractivity contribution in [2.24, 2.45) is 17.6 Å². The number of nitrogens with two attached hydrogens (primary N) is 1. The minimum absolute atomic E-state index is 0.102. The quantitative estimate of drug-likeness (QED) is 0.748. The number of carbonyl (C=O) groups excluding carboxylic acids is 1. The number of piperidine rings is 1. The third-order valence-electron chi connectivity index (χ3n) is 4.12. The van der Waals surface area contributed by atoms with E-state index in [-0.39, 0.29) is 11.8 Å². The molecule has 2 fully saturated rings. The Kier molecular flexibility index (Phi) is 3.29. The summed E-state index contributed by atoms with van der Waals surface area (Å²) in [6, 6.07) is 0.786. The SMILES string of the molecule is C[C@H]1CC[C@@H](N2CCC(C(N)=O)CC2)C1. The van der Waals surface area contributed by atoms with Gasteiger partial charge < -0.3 is 10.6 Å². The van der Waals surface area contributed by atoms with Gasteiger partial charge in [-0.15, -0.1) is 0 Å². The third-order valence-corrected chi connectivity index (χ3v) is 4.12. The Morgan fingerprint density at radius 1 is 1.20 bits per heavy atom. The lowest BCUT2D eigenvalue weighted by Crippen LogP contribution is -2.43. The highest BCUT2D eigenvalue weighted by Gasteiger charge is 2.31. The smallest absolute Gasteiger partial charge is 0.220 e. The number of nitrogens with zero attached hydrogens (tertiary/aromatic N) is 1. The lowest BCUT2D eigenvalue weighted by molar-refractivity contribution is -0.123. The molecule has 0 aromatic rings. The lowest BCUT2D eigenvalue weighted by Gasteiger charge is -2.35. The van der Waals surface area contributed by atoms with Crippen molar-refractivity contribution in [3.05, 3.63) is 0 Å². The molecule has 2 N–H and O–H groups in total. The number of hydrogen-bond donors (Lipinski definition) is 1. The van der Waals surface area contributed by atoms with E-state index in [1.54, 1.807) is 0 Å². The molecule has 15 heavy (non-hydrogen) atoms. The first kappa shape index (κ1) is 10.9. The van der Waals surface area contributed by atoms with Crippen LogP contribution < -0.4 is 5.73 Å². The van der Waals surface area contributed by atoms with Crippen LogP contribution in [0.25, 0.3) is 0 Å². The van der Waals surface area contributed by atoms with Crippen LogP contribution in [0.3, 0.4) is 0 Å². The predicted octanol–water partition coefficient (Wildman–Crippen LogP) is 1.37. The van der Waals surface area contributed by atoms with Crippen molar-refractivity contribution >= 4 is 5.91 Å². The van der Waals surface area contributed by atoms with Crippen LogP contribution in [0.2, 0.25) is 0 Å². The fourth-order valence-electron chi connectivity index (χ4n) is 3.06. The van der Waals surface area contributed by atoms with Gasteiger partial charge in [0.1, 0.15) is 0 Å². The topological polar surface area (TPSA) is 46.3 Å². The summed E-state index contributed by atoms with van der Waals surface area (Å²) in [5.74, 6) is 0.929. The highest BCUT2D eigenvalue weighted by Crippen LogP contribution is 2.31. The van der Waals surface area contributed by atoms with E-state index in [0.29, 0.717) is 0 Å². The molecule has 1 saturated carbocycles. The van der Waals surface area contributed by atoms with E-state index in [0.717, 1.165) is 37.9 Å². The van der Waals surface area contributed by atoms with Crippen LogP contribution in [0.4, 0.5) is 0 Å². The molecule has 1 saturated heterocycles. The van der Waals surface area contributed by atoms with E-state index >= 15 is 0 Å². The second-order valence-corrected chi connectivity index (χ2v) is 5.28. The van der Waals surface area contributed by atoms with Gasteiger partial charge in [-0.25, -0.2) is 0 Å². The third kappa shape index (κ3) is 2.51. The Bertz CT molecular complexity index is 234. The van der Waals surface area contributed by atoms with Crippen molar-refractivity contribution in [3.63, 3.8) is 0 Å². The summed E-state index contributed by atoms with van der Waals surface area (Å²) >= 11 is 0. The van der Waals surface area contributed by atoms with Crippen molar-refractivity contribution in [2.45, 2.75) is 45.1 Å². The number of rotatable bonds is 2. The predicted molar refractivity (Wildman–Crippen MR) is 60.3 cm³/mol. The second kappa shape index (κ2) is 4.52. The minimum Gasteiger partial charge on any atom is -0.369 e. The molecular formula is C12H22N2O. The maximum absolute atomic E-state index is 11.0. The molecule has 0 bridgehead atoms. The minimum atomic E-state index is -0.102. The molecule has 0 unspecified atom stereocenters.